The summed E-state index contributed by atoms with van der Waals surface area (Å²) in [5.41, 5.74) is 0.628. The second-order valence-electron chi connectivity index (χ2n) is 3.18. The van der Waals surface area contributed by atoms with Gasteiger partial charge in [0.2, 0.25) is 0 Å². The van der Waals surface area contributed by atoms with E-state index >= 15 is 0 Å². The maximum Gasteiger partial charge on any atom is 0.143 e. The van der Waals surface area contributed by atoms with Crippen LogP contribution in [0.25, 0.3) is 0 Å². The summed E-state index contributed by atoms with van der Waals surface area (Å²) >= 11 is 1.73. The minimum absolute atomic E-state index is 0.544. The third-order valence-corrected chi connectivity index (χ3v) is 3.21. The van der Waals surface area contributed by atoms with Crippen LogP contribution in [0.3, 0.4) is 0 Å². The van der Waals surface area contributed by atoms with Crippen LogP contribution in [0.2, 0.25) is 0 Å². The smallest absolute Gasteiger partial charge is 0.143 e. The first-order chi connectivity index (χ1) is 7.29. The normalized spacial score (nSPS) is 12.5. The maximum atomic E-state index is 9.90. The lowest BCUT2D eigenvalue weighted by Gasteiger charge is -2.12. The number of ether oxygens (including phenoxy) is 1. The van der Waals surface area contributed by atoms with Crippen molar-refractivity contribution in [1.82, 2.24) is 4.98 Å². The van der Waals surface area contributed by atoms with Crippen molar-refractivity contribution in [3.05, 3.63) is 24.0 Å². The molecule has 15 heavy (non-hydrogen) atoms. The SMILES string of the molecule is CCCSCC(O)c1ncccc1OC. The molecule has 0 saturated carbocycles. The van der Waals surface area contributed by atoms with Crippen LogP contribution in [0, 0.1) is 0 Å². The first-order valence-electron chi connectivity index (χ1n) is 5.04. The summed E-state index contributed by atoms with van der Waals surface area (Å²) in [5, 5.41) is 9.90. The minimum atomic E-state index is -0.544. The summed E-state index contributed by atoms with van der Waals surface area (Å²) < 4.78 is 5.14. The lowest BCUT2D eigenvalue weighted by molar-refractivity contribution is 0.193. The summed E-state index contributed by atoms with van der Waals surface area (Å²) in [4.78, 5) is 4.14. The maximum absolute atomic E-state index is 9.90. The van der Waals surface area contributed by atoms with Gasteiger partial charge in [-0.3, -0.25) is 4.98 Å². The molecule has 1 N–H and O–H groups in total. The Hall–Kier alpha value is -0.740. The zero-order chi connectivity index (χ0) is 11.1. The van der Waals surface area contributed by atoms with Crippen molar-refractivity contribution in [2.45, 2.75) is 19.4 Å². The number of methoxy groups -OCH3 is 1. The van der Waals surface area contributed by atoms with Crippen LogP contribution < -0.4 is 4.74 Å². The van der Waals surface area contributed by atoms with Gasteiger partial charge in [-0.1, -0.05) is 6.92 Å². The van der Waals surface area contributed by atoms with E-state index in [-0.39, 0.29) is 0 Å². The topological polar surface area (TPSA) is 42.4 Å². The van der Waals surface area contributed by atoms with Crippen LogP contribution in [0.4, 0.5) is 0 Å². The molecule has 1 rings (SSSR count). The van der Waals surface area contributed by atoms with E-state index in [1.807, 2.05) is 6.07 Å². The van der Waals surface area contributed by atoms with Crippen LogP contribution in [-0.4, -0.2) is 28.7 Å². The van der Waals surface area contributed by atoms with E-state index in [0.717, 1.165) is 12.2 Å². The Morgan fingerprint density at radius 1 is 1.60 bits per heavy atom. The van der Waals surface area contributed by atoms with Crippen molar-refractivity contribution in [2.24, 2.45) is 0 Å². The first kappa shape index (κ1) is 12.3. The third kappa shape index (κ3) is 3.72. The molecule has 0 bridgehead atoms. The zero-order valence-corrected chi connectivity index (χ0v) is 9.96. The number of nitrogens with zero attached hydrogens (tertiary/aromatic N) is 1. The predicted molar refractivity (Wildman–Crippen MR) is 63.4 cm³/mol. The highest BCUT2D eigenvalue weighted by atomic mass is 32.2. The molecule has 0 amide bonds. The lowest BCUT2D eigenvalue weighted by atomic mass is 10.2. The first-order valence-corrected chi connectivity index (χ1v) is 6.19. The van der Waals surface area contributed by atoms with E-state index in [2.05, 4.69) is 11.9 Å². The van der Waals surface area contributed by atoms with Crippen LogP contribution >= 0.6 is 11.8 Å². The molecule has 1 unspecified atom stereocenters. The fourth-order valence-corrected chi connectivity index (χ4v) is 2.08. The van der Waals surface area contributed by atoms with Crippen molar-refractivity contribution in [3.8, 4) is 5.75 Å². The molecule has 0 spiro atoms. The number of pyridine rings is 1. The average Bonchev–Trinajstić information content (AvgIpc) is 2.29. The molecule has 0 fully saturated rings. The van der Waals surface area contributed by atoms with Gasteiger partial charge in [-0.25, -0.2) is 0 Å². The largest absolute Gasteiger partial charge is 0.495 e. The molecular weight excluding hydrogens is 210 g/mol. The Balaban J connectivity index is 2.59. The summed E-state index contributed by atoms with van der Waals surface area (Å²) in [6, 6.07) is 3.62. The Kier molecular flexibility index (Phi) is 5.50. The van der Waals surface area contributed by atoms with Crippen LogP contribution in [0.1, 0.15) is 25.1 Å². The number of aromatic nitrogens is 1. The standard InChI is InChI=1S/C11H17NO2S/c1-3-7-15-8-9(13)11-10(14-2)5-4-6-12-11/h4-6,9,13H,3,7-8H2,1-2H3. The molecule has 0 aliphatic carbocycles. The molecule has 0 aromatic carbocycles. The average molecular weight is 227 g/mol. The summed E-state index contributed by atoms with van der Waals surface area (Å²) in [6.07, 6.45) is 2.25. The quantitative estimate of drug-likeness (QED) is 0.757. The van der Waals surface area contributed by atoms with Gasteiger partial charge in [0.25, 0.3) is 0 Å². The number of hydrogen-bond acceptors (Lipinski definition) is 4. The van der Waals surface area contributed by atoms with E-state index in [0.29, 0.717) is 17.2 Å². The van der Waals surface area contributed by atoms with E-state index in [1.165, 1.54) is 0 Å². The van der Waals surface area contributed by atoms with Gasteiger partial charge in [0.15, 0.2) is 0 Å². The molecule has 1 heterocycles. The fourth-order valence-electron chi connectivity index (χ4n) is 1.24. The van der Waals surface area contributed by atoms with E-state index in [9.17, 15) is 5.11 Å². The van der Waals surface area contributed by atoms with Crippen molar-refractivity contribution in [1.29, 1.82) is 0 Å². The highest BCUT2D eigenvalue weighted by molar-refractivity contribution is 7.99. The number of aliphatic hydroxyl groups is 1. The molecule has 0 aliphatic heterocycles. The minimum Gasteiger partial charge on any atom is -0.495 e. The second kappa shape index (κ2) is 6.69. The van der Waals surface area contributed by atoms with E-state index in [1.54, 1.807) is 31.1 Å². The predicted octanol–water partition coefficient (Wildman–Crippen LogP) is 2.27. The number of rotatable bonds is 6. The molecule has 1 atom stereocenters. The van der Waals surface area contributed by atoms with Gasteiger partial charge in [-0.15, -0.1) is 0 Å². The fraction of sp³-hybridized carbons (Fsp3) is 0.545. The number of thioether (sulfide) groups is 1. The van der Waals surface area contributed by atoms with E-state index in [4.69, 9.17) is 4.74 Å². The van der Waals surface area contributed by atoms with Crippen molar-refractivity contribution < 1.29 is 9.84 Å². The molecule has 84 valence electrons. The van der Waals surface area contributed by atoms with Gasteiger partial charge < -0.3 is 9.84 Å². The van der Waals surface area contributed by atoms with Gasteiger partial charge in [0, 0.05) is 11.9 Å². The van der Waals surface area contributed by atoms with Crippen molar-refractivity contribution >= 4 is 11.8 Å². The summed E-state index contributed by atoms with van der Waals surface area (Å²) in [6.45, 7) is 2.13. The number of hydrogen-bond donors (Lipinski definition) is 1. The molecule has 4 heteroatoms. The molecule has 3 nitrogen and oxygen atoms in total. The van der Waals surface area contributed by atoms with Gasteiger partial charge >= 0.3 is 0 Å². The third-order valence-electron chi connectivity index (χ3n) is 1.96. The molecule has 1 aromatic rings. The molecule has 0 radical (unpaired) electrons. The highest BCUT2D eigenvalue weighted by Crippen LogP contribution is 2.24. The second-order valence-corrected chi connectivity index (χ2v) is 4.33. The highest BCUT2D eigenvalue weighted by Gasteiger charge is 2.13. The monoisotopic (exact) mass is 227 g/mol. The molecule has 1 aromatic heterocycles. The molecular formula is C11H17NO2S. The zero-order valence-electron chi connectivity index (χ0n) is 9.14. The van der Waals surface area contributed by atoms with Crippen molar-refractivity contribution in [2.75, 3.05) is 18.6 Å². The summed E-state index contributed by atoms with van der Waals surface area (Å²) in [7, 11) is 1.59. The van der Waals surface area contributed by atoms with Crippen molar-refractivity contribution in [3.63, 3.8) is 0 Å². The molecule has 0 saturated heterocycles. The van der Waals surface area contributed by atoms with Gasteiger partial charge in [-0.2, -0.15) is 11.8 Å². The van der Waals surface area contributed by atoms with Crippen LogP contribution in [0.15, 0.2) is 18.3 Å². The van der Waals surface area contributed by atoms with E-state index < -0.39 is 6.10 Å². The lowest BCUT2D eigenvalue weighted by Crippen LogP contribution is -2.05. The van der Waals surface area contributed by atoms with Gasteiger partial charge in [0.1, 0.15) is 17.5 Å². The Morgan fingerprint density at radius 3 is 3.07 bits per heavy atom. The van der Waals surface area contributed by atoms with Crippen LogP contribution in [0.5, 0.6) is 5.75 Å². The molecule has 0 aliphatic rings. The van der Waals surface area contributed by atoms with Gasteiger partial charge in [-0.05, 0) is 24.3 Å². The Bertz CT molecular complexity index is 294. The van der Waals surface area contributed by atoms with Crippen LogP contribution in [-0.2, 0) is 0 Å². The number of aliphatic hydroxyl groups excluding tert-OH is 1. The Morgan fingerprint density at radius 2 is 2.40 bits per heavy atom. The summed E-state index contributed by atoms with van der Waals surface area (Å²) in [5.74, 6) is 2.38. The van der Waals surface area contributed by atoms with Gasteiger partial charge in [0.05, 0.1) is 7.11 Å². The Labute approximate surface area is 94.9 Å².